The summed E-state index contributed by atoms with van der Waals surface area (Å²) in [5, 5.41) is 1.34. The predicted octanol–water partition coefficient (Wildman–Crippen LogP) is 2.38. The molecule has 0 bridgehead atoms. The van der Waals surface area contributed by atoms with Crippen molar-refractivity contribution in [2.45, 2.75) is 30.8 Å². The Morgan fingerprint density at radius 3 is 2.76 bits per heavy atom. The van der Waals surface area contributed by atoms with Crippen LogP contribution in [0.3, 0.4) is 0 Å². The number of fused-ring (bicyclic) bond motifs is 1. The SMILES string of the molecule is CC(C)Sc1nc2c([nH]1)c(N)nc[n+]2Cc1ccccc1. The maximum absolute atomic E-state index is 5.96. The summed E-state index contributed by atoms with van der Waals surface area (Å²) in [6, 6.07) is 10.2. The average molecular weight is 300 g/mol. The highest BCUT2D eigenvalue weighted by Crippen LogP contribution is 2.23. The van der Waals surface area contributed by atoms with Gasteiger partial charge in [0.1, 0.15) is 0 Å². The van der Waals surface area contributed by atoms with Gasteiger partial charge in [0, 0.05) is 5.25 Å². The lowest BCUT2D eigenvalue weighted by molar-refractivity contribution is -0.667. The second kappa shape index (κ2) is 5.73. The largest absolute Gasteiger partial charge is 0.368 e. The third-order valence-electron chi connectivity index (χ3n) is 3.07. The van der Waals surface area contributed by atoms with Crippen molar-refractivity contribution >= 4 is 28.7 Å². The molecular weight excluding hydrogens is 282 g/mol. The normalized spacial score (nSPS) is 11.4. The molecule has 0 aliphatic carbocycles. The molecule has 2 heterocycles. The Hall–Kier alpha value is -2.08. The summed E-state index contributed by atoms with van der Waals surface area (Å²) in [5.41, 5.74) is 8.81. The number of benzene rings is 1. The van der Waals surface area contributed by atoms with Crippen LogP contribution < -0.4 is 10.3 Å². The number of rotatable bonds is 4. The van der Waals surface area contributed by atoms with Gasteiger partial charge >= 0.3 is 0 Å². The molecule has 0 amide bonds. The minimum absolute atomic E-state index is 0.460. The van der Waals surface area contributed by atoms with E-state index in [9.17, 15) is 0 Å². The van der Waals surface area contributed by atoms with Crippen molar-refractivity contribution in [1.29, 1.82) is 0 Å². The number of imidazole rings is 1. The van der Waals surface area contributed by atoms with Gasteiger partial charge in [-0.2, -0.15) is 0 Å². The van der Waals surface area contributed by atoms with Gasteiger partial charge in [0.25, 0.3) is 5.65 Å². The van der Waals surface area contributed by atoms with Gasteiger partial charge in [-0.3, -0.25) is 0 Å². The average Bonchev–Trinajstić information content (AvgIpc) is 2.87. The zero-order valence-corrected chi connectivity index (χ0v) is 12.9. The third kappa shape index (κ3) is 3.00. The van der Waals surface area contributed by atoms with Crippen LogP contribution in [0.4, 0.5) is 5.82 Å². The molecule has 3 aromatic rings. The van der Waals surface area contributed by atoms with E-state index in [0.717, 1.165) is 22.9 Å². The minimum atomic E-state index is 0.460. The van der Waals surface area contributed by atoms with Gasteiger partial charge in [0.05, 0.1) is 6.54 Å². The number of nitrogens with two attached hydrogens (primary N) is 1. The summed E-state index contributed by atoms with van der Waals surface area (Å²) in [6.07, 6.45) is 1.75. The maximum atomic E-state index is 5.96. The Morgan fingerprint density at radius 1 is 1.29 bits per heavy atom. The molecule has 3 N–H and O–H groups in total. The van der Waals surface area contributed by atoms with E-state index in [4.69, 9.17) is 5.73 Å². The fraction of sp³-hybridized carbons (Fsp3) is 0.267. The number of thioether (sulfide) groups is 1. The van der Waals surface area contributed by atoms with Gasteiger partial charge < -0.3 is 10.7 Å². The van der Waals surface area contributed by atoms with E-state index in [1.54, 1.807) is 18.1 Å². The molecule has 0 aliphatic heterocycles. The van der Waals surface area contributed by atoms with E-state index in [0.29, 0.717) is 11.1 Å². The van der Waals surface area contributed by atoms with Crippen molar-refractivity contribution in [3.05, 3.63) is 42.2 Å². The molecule has 0 atom stereocenters. The third-order valence-corrected chi connectivity index (χ3v) is 3.96. The molecule has 0 saturated heterocycles. The summed E-state index contributed by atoms with van der Waals surface area (Å²) in [7, 11) is 0. The van der Waals surface area contributed by atoms with Crippen LogP contribution in [-0.4, -0.2) is 20.2 Å². The van der Waals surface area contributed by atoms with Crippen LogP contribution in [0.5, 0.6) is 0 Å². The number of aromatic amines is 1. The molecule has 0 radical (unpaired) electrons. The Balaban J connectivity index is 2.02. The predicted molar refractivity (Wildman–Crippen MR) is 85.0 cm³/mol. The number of hydrogen-bond donors (Lipinski definition) is 2. The number of hydrogen-bond acceptors (Lipinski definition) is 4. The Bertz CT molecular complexity index is 751. The molecule has 0 aliphatic rings. The van der Waals surface area contributed by atoms with Crippen LogP contribution in [0.15, 0.2) is 41.8 Å². The highest BCUT2D eigenvalue weighted by atomic mass is 32.2. The summed E-state index contributed by atoms with van der Waals surface area (Å²) in [4.78, 5) is 12.2. The van der Waals surface area contributed by atoms with Crippen LogP contribution in [0.2, 0.25) is 0 Å². The van der Waals surface area contributed by atoms with Crippen molar-refractivity contribution in [3.63, 3.8) is 0 Å². The van der Waals surface area contributed by atoms with E-state index in [1.165, 1.54) is 5.56 Å². The van der Waals surface area contributed by atoms with Gasteiger partial charge in [-0.25, -0.2) is 4.57 Å². The van der Waals surface area contributed by atoms with Gasteiger partial charge in [-0.1, -0.05) is 65.9 Å². The molecule has 0 unspecified atom stereocenters. The first-order valence-electron chi connectivity index (χ1n) is 6.87. The standard InChI is InChI=1S/C15H17N5S/c1-10(2)21-15-18-12-13(16)17-9-20(14(12)19-15)8-11-6-4-3-5-7-11/h3-7,9-10H,8H2,1-2H3,(H2,16,18,19)/p+1. The van der Waals surface area contributed by atoms with Crippen LogP contribution in [0.1, 0.15) is 19.4 Å². The van der Waals surface area contributed by atoms with Gasteiger partial charge in [-0.05, 0) is 5.56 Å². The number of nitrogen functional groups attached to an aromatic ring is 1. The molecule has 0 fully saturated rings. The summed E-state index contributed by atoms with van der Waals surface area (Å²) in [6.45, 7) is 5.00. The first-order chi connectivity index (χ1) is 10.1. The summed E-state index contributed by atoms with van der Waals surface area (Å²) < 4.78 is 2.02. The Kier molecular flexibility index (Phi) is 3.79. The molecular formula is C15H18N5S+. The highest BCUT2D eigenvalue weighted by Gasteiger charge is 2.19. The van der Waals surface area contributed by atoms with Gasteiger partial charge in [-0.15, -0.1) is 0 Å². The van der Waals surface area contributed by atoms with E-state index >= 15 is 0 Å². The molecule has 3 rings (SSSR count). The quantitative estimate of drug-likeness (QED) is 0.573. The molecule has 21 heavy (non-hydrogen) atoms. The van der Waals surface area contributed by atoms with Crippen LogP contribution in [0, 0.1) is 0 Å². The number of nitrogens with one attached hydrogen (secondary N) is 1. The molecule has 5 nitrogen and oxygen atoms in total. The maximum Gasteiger partial charge on any atom is 0.295 e. The van der Waals surface area contributed by atoms with Crippen molar-refractivity contribution in [2.24, 2.45) is 0 Å². The second-order valence-electron chi connectivity index (χ2n) is 5.15. The molecule has 0 saturated carbocycles. The van der Waals surface area contributed by atoms with Gasteiger partial charge in [0.2, 0.25) is 17.3 Å². The van der Waals surface area contributed by atoms with Crippen molar-refractivity contribution in [2.75, 3.05) is 5.73 Å². The topological polar surface area (TPSA) is 71.5 Å². The monoisotopic (exact) mass is 300 g/mol. The van der Waals surface area contributed by atoms with E-state index in [-0.39, 0.29) is 0 Å². The van der Waals surface area contributed by atoms with E-state index < -0.39 is 0 Å². The van der Waals surface area contributed by atoms with E-state index in [2.05, 4.69) is 40.9 Å². The number of anilines is 1. The molecule has 108 valence electrons. The second-order valence-corrected chi connectivity index (χ2v) is 6.72. The summed E-state index contributed by atoms with van der Waals surface area (Å²) >= 11 is 1.68. The lowest BCUT2D eigenvalue weighted by Gasteiger charge is -2.01. The fourth-order valence-electron chi connectivity index (χ4n) is 2.16. The first kappa shape index (κ1) is 13.9. The highest BCUT2D eigenvalue weighted by molar-refractivity contribution is 7.99. The lowest BCUT2D eigenvalue weighted by Crippen LogP contribution is -2.36. The number of H-pyrrole nitrogens is 1. The Morgan fingerprint density at radius 2 is 2.05 bits per heavy atom. The fourth-order valence-corrected chi connectivity index (χ4v) is 2.90. The molecule has 1 aromatic carbocycles. The van der Waals surface area contributed by atoms with Crippen molar-refractivity contribution in [3.8, 4) is 0 Å². The van der Waals surface area contributed by atoms with E-state index in [1.807, 2.05) is 22.8 Å². The van der Waals surface area contributed by atoms with Crippen molar-refractivity contribution < 1.29 is 4.57 Å². The molecule has 6 heteroatoms. The van der Waals surface area contributed by atoms with Crippen LogP contribution in [0.25, 0.3) is 11.2 Å². The number of aromatic nitrogens is 4. The zero-order valence-electron chi connectivity index (χ0n) is 12.1. The van der Waals surface area contributed by atoms with Crippen LogP contribution >= 0.6 is 11.8 Å². The van der Waals surface area contributed by atoms with Gasteiger partial charge in [0.15, 0.2) is 5.52 Å². The van der Waals surface area contributed by atoms with Crippen molar-refractivity contribution in [1.82, 2.24) is 15.0 Å². The van der Waals surface area contributed by atoms with Crippen LogP contribution in [-0.2, 0) is 6.54 Å². The number of nitrogens with zero attached hydrogens (tertiary/aromatic N) is 3. The smallest absolute Gasteiger partial charge is 0.295 e. The lowest BCUT2D eigenvalue weighted by atomic mass is 10.2. The Labute approximate surface area is 127 Å². The zero-order chi connectivity index (χ0) is 14.8. The first-order valence-corrected chi connectivity index (χ1v) is 7.75. The molecule has 0 spiro atoms. The summed E-state index contributed by atoms with van der Waals surface area (Å²) in [5.74, 6) is 0.484. The molecule has 2 aromatic heterocycles. The minimum Gasteiger partial charge on any atom is -0.368 e.